The molecule has 6 nitrogen and oxygen atoms in total. The van der Waals surface area contributed by atoms with E-state index in [4.69, 9.17) is 4.74 Å². The molecule has 29 heavy (non-hydrogen) atoms. The summed E-state index contributed by atoms with van der Waals surface area (Å²) in [6, 6.07) is 4.48. The average Bonchev–Trinajstić information content (AvgIpc) is 2.93. The van der Waals surface area contributed by atoms with Crippen LogP contribution in [0.2, 0.25) is 0 Å². The van der Waals surface area contributed by atoms with Crippen molar-refractivity contribution in [3.05, 3.63) is 58.3 Å². The maximum Gasteiger partial charge on any atom is 0.342 e. The van der Waals surface area contributed by atoms with Gasteiger partial charge < -0.3 is 9.64 Å². The van der Waals surface area contributed by atoms with Crippen molar-refractivity contribution >= 4 is 17.4 Å². The van der Waals surface area contributed by atoms with Crippen LogP contribution in [-0.4, -0.2) is 39.6 Å². The number of nitrogens with zero attached hydrogens (tertiary/aromatic N) is 2. The summed E-state index contributed by atoms with van der Waals surface area (Å²) < 4.78 is 19.8. The summed E-state index contributed by atoms with van der Waals surface area (Å²) in [5.74, 6) is -1.68. The summed E-state index contributed by atoms with van der Waals surface area (Å²) in [5, 5.41) is 7.24. The van der Waals surface area contributed by atoms with Crippen LogP contribution < -0.4 is 0 Å². The number of amides is 1. The molecular formula is C22H26FN3O3. The highest BCUT2D eigenvalue weighted by Gasteiger charge is 2.38. The zero-order valence-electron chi connectivity index (χ0n) is 17.6. The van der Waals surface area contributed by atoms with Crippen molar-refractivity contribution in [1.29, 1.82) is 0 Å². The second kappa shape index (κ2) is 7.46. The highest BCUT2D eigenvalue weighted by atomic mass is 19.1. The van der Waals surface area contributed by atoms with Gasteiger partial charge in [0.05, 0.1) is 11.7 Å². The third-order valence-electron chi connectivity index (χ3n) is 4.91. The minimum atomic E-state index is -0.591. The van der Waals surface area contributed by atoms with Crippen molar-refractivity contribution in [3.63, 3.8) is 0 Å². The first-order valence-electron chi connectivity index (χ1n) is 9.57. The molecule has 2 heterocycles. The van der Waals surface area contributed by atoms with Crippen molar-refractivity contribution in [3.8, 4) is 0 Å². The lowest BCUT2D eigenvalue weighted by atomic mass is 9.82. The number of ether oxygens (including phenoxy) is 1. The maximum absolute atomic E-state index is 14.5. The smallest absolute Gasteiger partial charge is 0.342 e. The predicted octanol–water partition coefficient (Wildman–Crippen LogP) is 3.89. The lowest BCUT2D eigenvalue weighted by Gasteiger charge is -2.29. The fourth-order valence-electron chi connectivity index (χ4n) is 3.73. The number of carbonyl (C=O) groups is 2. The van der Waals surface area contributed by atoms with Gasteiger partial charge in [-0.15, -0.1) is 0 Å². The molecule has 1 aromatic heterocycles. The third kappa shape index (κ3) is 3.95. The first kappa shape index (κ1) is 20.8. The van der Waals surface area contributed by atoms with Crippen LogP contribution in [0.3, 0.4) is 0 Å². The second-order valence-electron chi connectivity index (χ2n) is 8.37. The summed E-state index contributed by atoms with van der Waals surface area (Å²) >= 11 is 0. The van der Waals surface area contributed by atoms with Gasteiger partial charge in [0.15, 0.2) is 0 Å². The predicted molar refractivity (Wildman–Crippen MR) is 108 cm³/mol. The number of aromatic nitrogens is 2. The van der Waals surface area contributed by atoms with Gasteiger partial charge in [0.25, 0.3) is 5.91 Å². The Balaban J connectivity index is 2.13. The van der Waals surface area contributed by atoms with E-state index in [-0.39, 0.29) is 23.8 Å². The molecule has 7 heteroatoms. The fraction of sp³-hybridized carbons (Fsp3) is 0.409. The highest BCUT2D eigenvalue weighted by Crippen LogP contribution is 2.37. The number of carbonyl (C=O) groups excluding carboxylic acids is 2. The Labute approximate surface area is 169 Å². The molecular weight excluding hydrogens is 373 g/mol. The Hall–Kier alpha value is -2.96. The van der Waals surface area contributed by atoms with Crippen LogP contribution >= 0.6 is 0 Å². The van der Waals surface area contributed by atoms with Crippen LogP contribution in [0.4, 0.5) is 4.39 Å². The van der Waals surface area contributed by atoms with E-state index in [2.05, 4.69) is 10.2 Å². The number of H-pyrrole nitrogens is 1. The molecule has 1 amide bonds. The maximum atomic E-state index is 14.5. The molecule has 0 radical (unpaired) electrons. The summed E-state index contributed by atoms with van der Waals surface area (Å²) in [7, 11) is 0. The molecule has 1 N–H and O–H groups in total. The van der Waals surface area contributed by atoms with E-state index in [1.807, 2.05) is 20.8 Å². The van der Waals surface area contributed by atoms with E-state index in [0.29, 0.717) is 5.69 Å². The number of rotatable bonds is 3. The Kier molecular flexibility index (Phi) is 5.34. The number of benzene rings is 1. The van der Waals surface area contributed by atoms with Crippen LogP contribution in [0.5, 0.6) is 0 Å². The summed E-state index contributed by atoms with van der Waals surface area (Å²) in [5.41, 5.74) is 2.43. The minimum Gasteiger partial charge on any atom is -0.459 e. The van der Waals surface area contributed by atoms with E-state index in [0.717, 1.165) is 16.8 Å². The normalized spacial score (nSPS) is 15.6. The monoisotopic (exact) mass is 399 g/mol. The van der Waals surface area contributed by atoms with Crippen molar-refractivity contribution < 1.29 is 18.7 Å². The fourth-order valence-corrected chi connectivity index (χ4v) is 3.73. The minimum absolute atomic E-state index is 0.0444. The second-order valence-corrected chi connectivity index (χ2v) is 8.37. The lowest BCUT2D eigenvalue weighted by molar-refractivity contribution is -0.140. The molecule has 0 unspecified atom stereocenters. The number of esters is 1. The number of nitrogens with one attached hydrogen (secondary N) is 1. The van der Waals surface area contributed by atoms with Gasteiger partial charge >= 0.3 is 5.97 Å². The largest absolute Gasteiger partial charge is 0.459 e. The van der Waals surface area contributed by atoms with E-state index in [1.165, 1.54) is 23.2 Å². The number of aryl methyl sites for hydroxylation is 2. The van der Waals surface area contributed by atoms with Gasteiger partial charge in [0.2, 0.25) is 0 Å². The van der Waals surface area contributed by atoms with Gasteiger partial charge in [-0.3, -0.25) is 9.89 Å². The van der Waals surface area contributed by atoms with Gasteiger partial charge in [-0.25, -0.2) is 9.18 Å². The van der Waals surface area contributed by atoms with Crippen molar-refractivity contribution in [2.45, 2.75) is 53.1 Å². The van der Waals surface area contributed by atoms with Gasteiger partial charge in [-0.1, -0.05) is 19.9 Å². The zero-order valence-corrected chi connectivity index (χ0v) is 17.6. The molecule has 1 aliphatic rings. The van der Waals surface area contributed by atoms with Crippen molar-refractivity contribution in [2.24, 2.45) is 0 Å². The van der Waals surface area contributed by atoms with Gasteiger partial charge in [0, 0.05) is 29.4 Å². The van der Waals surface area contributed by atoms with Crippen molar-refractivity contribution in [1.82, 2.24) is 15.1 Å². The molecule has 0 saturated heterocycles. The van der Waals surface area contributed by atoms with Gasteiger partial charge in [0.1, 0.15) is 17.1 Å². The topological polar surface area (TPSA) is 75.3 Å². The standard InChI is InChI=1S/C22H26FN3O3/c1-12(2)29-21(28)16-10-26(20(27)15-8-7-13(3)9-17(15)23)11-22(5,6)18-14(4)24-25-19(16)18/h7-10,12H,11H2,1-6H3,(H,24,25). The molecule has 0 bridgehead atoms. The Morgan fingerprint density at radius 2 is 1.97 bits per heavy atom. The molecule has 2 aromatic rings. The molecule has 1 aromatic carbocycles. The molecule has 3 rings (SSSR count). The van der Waals surface area contributed by atoms with Crippen molar-refractivity contribution in [2.75, 3.05) is 6.54 Å². The number of hydrogen-bond acceptors (Lipinski definition) is 4. The summed E-state index contributed by atoms with van der Waals surface area (Å²) in [6.07, 6.45) is 1.10. The lowest BCUT2D eigenvalue weighted by Crippen LogP contribution is -2.37. The van der Waals surface area contributed by atoms with Gasteiger partial charge in [-0.05, 0) is 45.4 Å². The third-order valence-corrected chi connectivity index (χ3v) is 4.91. The molecule has 0 aliphatic carbocycles. The van der Waals surface area contributed by atoms with Crippen LogP contribution in [0, 0.1) is 19.7 Å². The molecule has 1 aliphatic heterocycles. The summed E-state index contributed by atoms with van der Waals surface area (Å²) in [4.78, 5) is 27.4. The van der Waals surface area contributed by atoms with Gasteiger partial charge in [-0.2, -0.15) is 5.10 Å². The van der Waals surface area contributed by atoms with Crippen LogP contribution in [0.1, 0.15) is 60.6 Å². The molecule has 0 saturated carbocycles. The molecule has 0 atom stereocenters. The summed E-state index contributed by atoms with van der Waals surface area (Å²) in [6.45, 7) is 11.3. The molecule has 154 valence electrons. The number of fused-ring (bicyclic) bond motifs is 1. The first-order valence-corrected chi connectivity index (χ1v) is 9.57. The Morgan fingerprint density at radius 3 is 2.59 bits per heavy atom. The zero-order chi connectivity index (χ0) is 21.5. The van der Waals surface area contributed by atoms with Crippen LogP contribution in [0.15, 0.2) is 24.4 Å². The Bertz CT molecular complexity index is 1000. The Morgan fingerprint density at radius 1 is 1.28 bits per heavy atom. The average molecular weight is 399 g/mol. The number of aromatic amines is 1. The van der Waals surface area contributed by atoms with E-state index >= 15 is 0 Å². The molecule has 0 fully saturated rings. The van der Waals surface area contributed by atoms with E-state index in [9.17, 15) is 14.0 Å². The van der Waals surface area contributed by atoms with E-state index in [1.54, 1.807) is 26.8 Å². The van der Waals surface area contributed by atoms with Crippen LogP contribution in [-0.2, 0) is 14.9 Å². The van der Waals surface area contributed by atoms with Crippen LogP contribution in [0.25, 0.3) is 5.57 Å². The quantitative estimate of drug-likeness (QED) is 0.795. The highest BCUT2D eigenvalue weighted by molar-refractivity contribution is 6.17. The number of halogens is 1. The first-order chi connectivity index (χ1) is 13.5. The molecule has 0 spiro atoms. The van der Waals surface area contributed by atoms with E-state index < -0.39 is 23.1 Å². The SMILES string of the molecule is Cc1ccc(C(=O)N2C=C(C(=O)OC(C)C)c3n[nH]c(C)c3C(C)(C)C2)c(F)c1. The number of hydrogen-bond donors (Lipinski definition) is 1.